The van der Waals surface area contributed by atoms with Gasteiger partial charge in [-0.3, -0.25) is 0 Å². The molecule has 0 heterocycles. The Labute approximate surface area is 167 Å². The van der Waals surface area contributed by atoms with Crippen molar-refractivity contribution in [2.24, 2.45) is 0 Å². The van der Waals surface area contributed by atoms with Crippen LogP contribution in [0, 0.1) is 0 Å². The molecule has 7 nitrogen and oxygen atoms in total. The number of hydrogen-bond donors (Lipinski definition) is 4. The lowest BCUT2D eigenvalue weighted by Crippen LogP contribution is -2.39. The van der Waals surface area contributed by atoms with Gasteiger partial charge in [0.25, 0.3) is 0 Å². The number of aliphatic hydroxyl groups excluding tert-OH is 2. The Morgan fingerprint density at radius 1 is 0.552 bits per heavy atom. The molecule has 29 heavy (non-hydrogen) atoms. The van der Waals surface area contributed by atoms with Crippen LogP contribution in [0.15, 0.2) is 91.0 Å². The molecule has 0 bridgehead atoms. The number of nitrogens with zero attached hydrogens (tertiary/aromatic N) is 1. The smallest absolute Gasteiger partial charge is 0.335 e. The fourth-order valence-corrected chi connectivity index (χ4v) is 2.45. The van der Waals surface area contributed by atoms with Crippen LogP contribution in [0.25, 0.3) is 0 Å². The van der Waals surface area contributed by atoms with Crippen molar-refractivity contribution in [1.29, 1.82) is 0 Å². The second kappa shape index (κ2) is 10.6. The highest BCUT2D eigenvalue weighted by atomic mass is 16.4. The Bertz CT molecular complexity index is 790. The van der Waals surface area contributed by atoms with Gasteiger partial charge in [-0.2, -0.15) is 0 Å². The molecule has 0 saturated carbocycles. The van der Waals surface area contributed by atoms with Crippen molar-refractivity contribution >= 4 is 29.0 Å². The molecular formula is C22H21NO6. The third-order valence-electron chi connectivity index (χ3n) is 3.85. The number of carboxylic acid groups (broad SMARTS) is 2. The van der Waals surface area contributed by atoms with Crippen LogP contribution in [0.5, 0.6) is 0 Å². The molecule has 2 atom stereocenters. The van der Waals surface area contributed by atoms with Gasteiger partial charge in [-0.05, 0) is 36.4 Å². The Morgan fingerprint density at radius 3 is 1.00 bits per heavy atom. The Kier molecular flexibility index (Phi) is 7.90. The first-order valence-corrected chi connectivity index (χ1v) is 8.69. The summed E-state index contributed by atoms with van der Waals surface area (Å²) in [5.41, 5.74) is 3.50. The standard InChI is InChI=1S/C18H15N.C4H6O6/c1-4-10-16(11-5-1)19(17-12-6-2-7-13-17)18-14-8-3-9-15-18;5-1(3(7)8)2(6)4(9)10/h1-15H;1-2,5-6H,(H,7,8)(H,9,10). The monoisotopic (exact) mass is 395 g/mol. The summed E-state index contributed by atoms with van der Waals surface area (Å²) < 4.78 is 0. The second-order valence-corrected chi connectivity index (χ2v) is 5.91. The summed E-state index contributed by atoms with van der Waals surface area (Å²) in [6.45, 7) is 0. The summed E-state index contributed by atoms with van der Waals surface area (Å²) in [5, 5.41) is 32.5. The van der Waals surface area contributed by atoms with E-state index in [1.165, 1.54) is 17.1 Å². The molecular weight excluding hydrogens is 374 g/mol. The molecule has 2 unspecified atom stereocenters. The third-order valence-corrected chi connectivity index (χ3v) is 3.85. The van der Waals surface area contributed by atoms with E-state index in [1.54, 1.807) is 0 Å². The van der Waals surface area contributed by atoms with Gasteiger partial charge in [-0.15, -0.1) is 0 Å². The van der Waals surface area contributed by atoms with E-state index < -0.39 is 24.1 Å². The normalized spacial score (nSPS) is 12.1. The van der Waals surface area contributed by atoms with E-state index in [0.29, 0.717) is 0 Å². The SMILES string of the molecule is O=C(O)C(O)C(O)C(=O)O.c1ccc(N(c2ccccc2)c2ccccc2)cc1. The minimum absolute atomic E-state index is 1.17. The van der Waals surface area contributed by atoms with E-state index in [2.05, 4.69) is 77.7 Å². The van der Waals surface area contributed by atoms with Gasteiger partial charge in [0, 0.05) is 17.1 Å². The summed E-state index contributed by atoms with van der Waals surface area (Å²) in [4.78, 5) is 21.8. The number of aliphatic hydroxyl groups is 2. The van der Waals surface area contributed by atoms with Crippen LogP contribution in [0.3, 0.4) is 0 Å². The predicted octanol–water partition coefficient (Wildman–Crippen LogP) is 3.03. The molecule has 0 fully saturated rings. The highest BCUT2D eigenvalue weighted by Gasteiger charge is 2.29. The molecule has 0 spiro atoms. The maximum Gasteiger partial charge on any atom is 0.335 e. The maximum absolute atomic E-state index is 9.77. The first-order valence-electron chi connectivity index (χ1n) is 8.69. The van der Waals surface area contributed by atoms with Crippen LogP contribution >= 0.6 is 0 Å². The number of carbonyl (C=O) groups is 2. The number of aliphatic carboxylic acids is 2. The minimum Gasteiger partial charge on any atom is -0.479 e. The number of carboxylic acids is 2. The molecule has 7 heteroatoms. The summed E-state index contributed by atoms with van der Waals surface area (Å²) in [6.07, 6.45) is -4.53. The zero-order valence-corrected chi connectivity index (χ0v) is 15.4. The van der Waals surface area contributed by atoms with Gasteiger partial charge in [-0.1, -0.05) is 54.6 Å². The van der Waals surface area contributed by atoms with Gasteiger partial charge < -0.3 is 25.3 Å². The summed E-state index contributed by atoms with van der Waals surface area (Å²) in [6, 6.07) is 31.3. The third kappa shape index (κ3) is 6.17. The molecule has 4 N–H and O–H groups in total. The topological polar surface area (TPSA) is 118 Å². The molecule has 0 aliphatic heterocycles. The maximum atomic E-state index is 9.77. The number of hydrogen-bond acceptors (Lipinski definition) is 5. The van der Waals surface area contributed by atoms with Crippen LogP contribution in [0.4, 0.5) is 17.1 Å². The minimum atomic E-state index is -2.27. The molecule has 0 amide bonds. The second-order valence-electron chi connectivity index (χ2n) is 5.91. The lowest BCUT2D eigenvalue weighted by Gasteiger charge is -2.25. The van der Waals surface area contributed by atoms with Crippen molar-refractivity contribution in [2.75, 3.05) is 4.90 Å². The van der Waals surface area contributed by atoms with Crippen molar-refractivity contribution in [3.63, 3.8) is 0 Å². The van der Waals surface area contributed by atoms with Crippen LogP contribution in [0.1, 0.15) is 0 Å². The van der Waals surface area contributed by atoms with E-state index in [0.717, 1.165) is 0 Å². The van der Waals surface area contributed by atoms with Crippen molar-refractivity contribution in [2.45, 2.75) is 12.2 Å². The zero-order chi connectivity index (χ0) is 21.2. The van der Waals surface area contributed by atoms with Gasteiger partial charge in [-0.25, -0.2) is 9.59 Å². The van der Waals surface area contributed by atoms with Gasteiger partial charge in [0.05, 0.1) is 0 Å². The Morgan fingerprint density at radius 2 is 0.793 bits per heavy atom. The Balaban J connectivity index is 0.000000257. The number of para-hydroxylation sites is 3. The quantitative estimate of drug-likeness (QED) is 0.507. The van der Waals surface area contributed by atoms with E-state index in [4.69, 9.17) is 20.4 Å². The fraction of sp³-hybridized carbons (Fsp3) is 0.0909. The number of rotatable bonds is 6. The van der Waals surface area contributed by atoms with Crippen LogP contribution in [0.2, 0.25) is 0 Å². The summed E-state index contributed by atoms with van der Waals surface area (Å²) in [5.74, 6) is -3.54. The molecule has 3 aromatic carbocycles. The average Bonchev–Trinajstić information content (AvgIpc) is 2.75. The van der Waals surface area contributed by atoms with E-state index in [-0.39, 0.29) is 0 Å². The molecule has 0 radical (unpaired) electrons. The van der Waals surface area contributed by atoms with Gasteiger partial charge >= 0.3 is 11.9 Å². The highest BCUT2D eigenvalue weighted by Crippen LogP contribution is 2.33. The van der Waals surface area contributed by atoms with Crippen LogP contribution in [-0.4, -0.2) is 44.6 Å². The molecule has 150 valence electrons. The van der Waals surface area contributed by atoms with Crippen molar-refractivity contribution < 1.29 is 30.0 Å². The van der Waals surface area contributed by atoms with Crippen molar-refractivity contribution in [1.82, 2.24) is 0 Å². The zero-order valence-electron chi connectivity index (χ0n) is 15.4. The van der Waals surface area contributed by atoms with Crippen LogP contribution < -0.4 is 4.90 Å². The fourth-order valence-electron chi connectivity index (χ4n) is 2.45. The van der Waals surface area contributed by atoms with Crippen molar-refractivity contribution in [3.05, 3.63) is 91.0 Å². The molecule has 3 aromatic rings. The summed E-state index contributed by atoms with van der Waals surface area (Å²) >= 11 is 0. The van der Waals surface area contributed by atoms with Crippen molar-refractivity contribution in [3.8, 4) is 0 Å². The highest BCUT2D eigenvalue weighted by molar-refractivity contribution is 5.83. The lowest BCUT2D eigenvalue weighted by molar-refractivity contribution is -0.165. The molecule has 0 aromatic heterocycles. The lowest BCUT2D eigenvalue weighted by atomic mass is 10.2. The first-order chi connectivity index (χ1) is 13.9. The summed E-state index contributed by atoms with van der Waals surface area (Å²) in [7, 11) is 0. The molecule has 0 aliphatic carbocycles. The average molecular weight is 395 g/mol. The first kappa shape index (κ1) is 21.6. The van der Waals surface area contributed by atoms with Gasteiger partial charge in [0.15, 0.2) is 12.2 Å². The van der Waals surface area contributed by atoms with E-state index in [9.17, 15) is 9.59 Å². The van der Waals surface area contributed by atoms with E-state index in [1.807, 2.05) is 18.2 Å². The predicted molar refractivity (Wildman–Crippen MR) is 108 cm³/mol. The number of benzene rings is 3. The van der Waals surface area contributed by atoms with Crippen LogP contribution in [-0.2, 0) is 9.59 Å². The largest absolute Gasteiger partial charge is 0.479 e. The Hall–Kier alpha value is -3.68. The van der Waals surface area contributed by atoms with Gasteiger partial charge in [0.1, 0.15) is 0 Å². The molecule has 0 saturated heterocycles. The number of anilines is 3. The van der Waals surface area contributed by atoms with Gasteiger partial charge in [0.2, 0.25) is 0 Å². The molecule has 0 aliphatic rings. The molecule has 3 rings (SSSR count). The van der Waals surface area contributed by atoms with E-state index >= 15 is 0 Å².